The van der Waals surface area contributed by atoms with E-state index in [2.05, 4.69) is 26.1 Å². The number of hydrogen-bond acceptors (Lipinski definition) is 2. The monoisotopic (exact) mass is 267 g/mol. The maximum atomic E-state index is 13.6. The van der Waals surface area contributed by atoms with Gasteiger partial charge in [0.15, 0.2) is 0 Å². The summed E-state index contributed by atoms with van der Waals surface area (Å²) in [5.41, 5.74) is 1.75. The Labute approximate surface area is 116 Å². The van der Waals surface area contributed by atoms with Gasteiger partial charge < -0.3 is 10.1 Å². The zero-order chi connectivity index (χ0) is 14.1. The summed E-state index contributed by atoms with van der Waals surface area (Å²) in [6.45, 7) is 9.21. The summed E-state index contributed by atoms with van der Waals surface area (Å²) < 4.78 is 19.2. The molecule has 0 aliphatic rings. The second-order valence-corrected chi connectivity index (χ2v) is 5.29. The molecule has 1 aromatic rings. The summed E-state index contributed by atoms with van der Waals surface area (Å²) in [5.74, 6) is 0.521. The summed E-state index contributed by atoms with van der Waals surface area (Å²) in [5, 5.41) is 3.24. The van der Waals surface area contributed by atoms with Gasteiger partial charge in [0.2, 0.25) is 0 Å². The van der Waals surface area contributed by atoms with Crippen molar-refractivity contribution in [3.63, 3.8) is 0 Å². The van der Waals surface area contributed by atoms with E-state index >= 15 is 0 Å². The normalized spacial score (nSPS) is 11.2. The van der Waals surface area contributed by atoms with Crippen LogP contribution in [0.15, 0.2) is 18.2 Å². The van der Waals surface area contributed by atoms with Crippen LogP contribution >= 0.6 is 0 Å². The van der Waals surface area contributed by atoms with Crippen molar-refractivity contribution in [3.05, 3.63) is 35.1 Å². The number of rotatable bonds is 9. The van der Waals surface area contributed by atoms with E-state index in [1.54, 1.807) is 0 Å². The summed E-state index contributed by atoms with van der Waals surface area (Å²) in [4.78, 5) is 0. The van der Waals surface area contributed by atoms with Gasteiger partial charge in [-0.2, -0.15) is 0 Å². The van der Waals surface area contributed by atoms with Crippen molar-refractivity contribution in [2.24, 2.45) is 5.92 Å². The smallest absolute Gasteiger partial charge is 0.128 e. The predicted octanol–water partition coefficient (Wildman–Crippen LogP) is 3.89. The SMILES string of the molecule is CCNCc1ccc(F)c(COCCCC(C)C)c1. The van der Waals surface area contributed by atoms with Crippen LogP contribution in [0.25, 0.3) is 0 Å². The van der Waals surface area contributed by atoms with Gasteiger partial charge in [0.25, 0.3) is 0 Å². The number of ether oxygens (including phenoxy) is 1. The Morgan fingerprint density at radius 1 is 1.32 bits per heavy atom. The van der Waals surface area contributed by atoms with Gasteiger partial charge in [-0.25, -0.2) is 4.39 Å². The fraction of sp³-hybridized carbons (Fsp3) is 0.625. The van der Waals surface area contributed by atoms with Crippen LogP contribution < -0.4 is 5.32 Å². The van der Waals surface area contributed by atoms with Crippen LogP contribution in [-0.4, -0.2) is 13.2 Å². The highest BCUT2D eigenvalue weighted by Crippen LogP contribution is 2.12. The van der Waals surface area contributed by atoms with E-state index in [0.29, 0.717) is 24.7 Å². The molecule has 0 aliphatic carbocycles. The van der Waals surface area contributed by atoms with E-state index in [4.69, 9.17) is 4.74 Å². The number of benzene rings is 1. The van der Waals surface area contributed by atoms with Crippen molar-refractivity contribution in [2.75, 3.05) is 13.2 Å². The van der Waals surface area contributed by atoms with Gasteiger partial charge in [-0.15, -0.1) is 0 Å². The summed E-state index contributed by atoms with van der Waals surface area (Å²) >= 11 is 0. The second kappa shape index (κ2) is 9.05. The maximum absolute atomic E-state index is 13.6. The minimum atomic E-state index is -0.177. The Bertz CT molecular complexity index is 366. The Morgan fingerprint density at radius 3 is 2.79 bits per heavy atom. The van der Waals surface area contributed by atoms with E-state index in [-0.39, 0.29) is 5.82 Å². The number of halogens is 1. The van der Waals surface area contributed by atoms with E-state index in [9.17, 15) is 4.39 Å². The Kier molecular flexibility index (Phi) is 7.68. The largest absolute Gasteiger partial charge is 0.377 e. The molecule has 2 nitrogen and oxygen atoms in total. The lowest BCUT2D eigenvalue weighted by atomic mass is 10.1. The molecule has 19 heavy (non-hydrogen) atoms. The molecule has 0 aromatic heterocycles. The molecule has 0 spiro atoms. The first-order valence-corrected chi connectivity index (χ1v) is 7.19. The fourth-order valence-corrected chi connectivity index (χ4v) is 1.89. The number of nitrogens with one attached hydrogen (secondary N) is 1. The molecule has 0 atom stereocenters. The third-order valence-electron chi connectivity index (χ3n) is 3.02. The molecule has 0 saturated carbocycles. The van der Waals surface area contributed by atoms with E-state index < -0.39 is 0 Å². The molecule has 0 bridgehead atoms. The predicted molar refractivity (Wildman–Crippen MR) is 77.5 cm³/mol. The third-order valence-corrected chi connectivity index (χ3v) is 3.02. The topological polar surface area (TPSA) is 21.3 Å². The van der Waals surface area contributed by atoms with Gasteiger partial charge in [0, 0.05) is 18.7 Å². The lowest BCUT2D eigenvalue weighted by molar-refractivity contribution is 0.112. The molecule has 0 amide bonds. The van der Waals surface area contributed by atoms with Gasteiger partial charge in [-0.3, -0.25) is 0 Å². The molecule has 1 rings (SSSR count). The van der Waals surface area contributed by atoms with Crippen LogP contribution in [0.1, 0.15) is 44.7 Å². The Hall–Kier alpha value is -0.930. The van der Waals surface area contributed by atoms with Gasteiger partial charge in [0.05, 0.1) is 6.61 Å². The molecule has 1 aromatic carbocycles. The molecule has 0 aliphatic heterocycles. The first-order chi connectivity index (χ1) is 9.13. The summed E-state index contributed by atoms with van der Waals surface area (Å²) in [6, 6.07) is 5.24. The molecule has 1 N–H and O–H groups in total. The van der Waals surface area contributed by atoms with Crippen molar-refractivity contribution in [2.45, 2.75) is 46.8 Å². The van der Waals surface area contributed by atoms with E-state index in [1.807, 2.05) is 12.1 Å². The van der Waals surface area contributed by atoms with Crippen molar-refractivity contribution in [1.29, 1.82) is 0 Å². The van der Waals surface area contributed by atoms with Gasteiger partial charge in [0.1, 0.15) is 5.82 Å². The molecule has 0 saturated heterocycles. The van der Waals surface area contributed by atoms with Crippen molar-refractivity contribution < 1.29 is 9.13 Å². The zero-order valence-electron chi connectivity index (χ0n) is 12.3. The highest BCUT2D eigenvalue weighted by molar-refractivity contribution is 5.24. The van der Waals surface area contributed by atoms with Crippen LogP contribution in [0.5, 0.6) is 0 Å². The first-order valence-electron chi connectivity index (χ1n) is 7.19. The second-order valence-electron chi connectivity index (χ2n) is 5.29. The Balaban J connectivity index is 2.39. The maximum Gasteiger partial charge on any atom is 0.128 e. The van der Waals surface area contributed by atoms with Gasteiger partial charge in [-0.05, 0) is 43.0 Å². The van der Waals surface area contributed by atoms with Crippen LogP contribution in [0.3, 0.4) is 0 Å². The van der Waals surface area contributed by atoms with Gasteiger partial charge >= 0.3 is 0 Å². The van der Waals surface area contributed by atoms with Gasteiger partial charge in [-0.1, -0.05) is 26.8 Å². The first kappa shape index (κ1) is 16.1. The average Bonchev–Trinajstić information content (AvgIpc) is 2.38. The van der Waals surface area contributed by atoms with Crippen molar-refractivity contribution in [3.8, 4) is 0 Å². The van der Waals surface area contributed by atoms with Crippen LogP contribution in [0.4, 0.5) is 4.39 Å². The molecule has 0 radical (unpaired) electrons. The molecule has 108 valence electrons. The molecule has 0 unspecified atom stereocenters. The fourth-order valence-electron chi connectivity index (χ4n) is 1.89. The molecule has 0 heterocycles. The lowest BCUT2D eigenvalue weighted by Crippen LogP contribution is -2.12. The lowest BCUT2D eigenvalue weighted by Gasteiger charge is -2.09. The number of hydrogen-bond donors (Lipinski definition) is 1. The summed E-state index contributed by atoms with van der Waals surface area (Å²) in [6.07, 6.45) is 2.19. The third kappa shape index (κ3) is 6.69. The molecule has 3 heteroatoms. The molecular formula is C16H26FNO. The minimum Gasteiger partial charge on any atom is -0.377 e. The van der Waals surface area contributed by atoms with Crippen molar-refractivity contribution >= 4 is 0 Å². The summed E-state index contributed by atoms with van der Waals surface area (Å²) in [7, 11) is 0. The highest BCUT2D eigenvalue weighted by atomic mass is 19.1. The molecule has 0 fully saturated rings. The van der Waals surface area contributed by atoms with E-state index in [0.717, 1.165) is 31.5 Å². The van der Waals surface area contributed by atoms with Crippen LogP contribution in [0, 0.1) is 11.7 Å². The standard InChI is InChI=1S/C16H26FNO/c1-4-18-11-14-7-8-16(17)15(10-14)12-19-9-5-6-13(2)3/h7-8,10,13,18H,4-6,9,11-12H2,1-3H3. The minimum absolute atomic E-state index is 0.177. The zero-order valence-corrected chi connectivity index (χ0v) is 12.3. The quantitative estimate of drug-likeness (QED) is 0.685. The van der Waals surface area contributed by atoms with Crippen LogP contribution in [-0.2, 0) is 17.9 Å². The highest BCUT2D eigenvalue weighted by Gasteiger charge is 2.04. The average molecular weight is 267 g/mol. The van der Waals surface area contributed by atoms with Crippen LogP contribution in [0.2, 0.25) is 0 Å². The van der Waals surface area contributed by atoms with Crippen molar-refractivity contribution in [1.82, 2.24) is 5.32 Å². The van der Waals surface area contributed by atoms with E-state index in [1.165, 1.54) is 6.07 Å². The Morgan fingerprint density at radius 2 is 2.11 bits per heavy atom. The molecular weight excluding hydrogens is 241 g/mol.